The molecule has 6 heteroatoms. The quantitative estimate of drug-likeness (QED) is 0.713. The molecule has 0 atom stereocenters. The Bertz CT molecular complexity index is 825. The zero-order valence-corrected chi connectivity index (χ0v) is 18.9. The van der Waals surface area contributed by atoms with Gasteiger partial charge < -0.3 is 19.3 Å². The first-order chi connectivity index (χ1) is 14.8. The van der Waals surface area contributed by atoms with Crippen LogP contribution in [0.1, 0.15) is 28.7 Å². The van der Waals surface area contributed by atoms with Gasteiger partial charge in [0.15, 0.2) is 13.2 Å². The van der Waals surface area contributed by atoms with Crippen LogP contribution in [-0.2, 0) is 9.59 Å². The third-order valence-corrected chi connectivity index (χ3v) is 5.32. The molecule has 3 rings (SSSR count). The van der Waals surface area contributed by atoms with Gasteiger partial charge in [-0.25, -0.2) is 0 Å². The average molecular weight is 425 g/mol. The highest BCUT2D eigenvalue weighted by Gasteiger charge is 2.22. The number of benzene rings is 2. The van der Waals surface area contributed by atoms with Crippen molar-refractivity contribution in [3.8, 4) is 11.5 Å². The largest absolute Gasteiger partial charge is 0.484 e. The summed E-state index contributed by atoms with van der Waals surface area (Å²) in [4.78, 5) is 28.8. The van der Waals surface area contributed by atoms with Crippen molar-refractivity contribution in [1.29, 1.82) is 0 Å². The lowest BCUT2D eigenvalue weighted by atomic mass is 10.1. The van der Waals surface area contributed by atoms with Crippen LogP contribution in [0.25, 0.3) is 0 Å². The first-order valence-corrected chi connectivity index (χ1v) is 10.8. The first kappa shape index (κ1) is 22.7. The van der Waals surface area contributed by atoms with Gasteiger partial charge in [-0.1, -0.05) is 12.1 Å². The predicted molar refractivity (Wildman–Crippen MR) is 121 cm³/mol. The third-order valence-electron chi connectivity index (χ3n) is 5.32. The zero-order chi connectivity index (χ0) is 22.4. The Labute approximate surface area is 184 Å². The average Bonchev–Trinajstić information content (AvgIpc) is 2.95. The fraction of sp³-hybridized carbons (Fsp3) is 0.440. The predicted octanol–water partition coefficient (Wildman–Crippen LogP) is 3.44. The lowest BCUT2D eigenvalue weighted by molar-refractivity contribution is -0.135. The van der Waals surface area contributed by atoms with Gasteiger partial charge in [-0.2, -0.15) is 0 Å². The highest BCUT2D eigenvalue weighted by molar-refractivity contribution is 5.79. The van der Waals surface area contributed by atoms with Crippen LogP contribution < -0.4 is 9.47 Å². The van der Waals surface area contributed by atoms with Crippen molar-refractivity contribution in [2.24, 2.45) is 0 Å². The lowest BCUT2D eigenvalue weighted by Gasteiger charge is -2.22. The van der Waals surface area contributed by atoms with E-state index in [1.54, 1.807) is 9.80 Å². The molecular formula is C25H32N2O4. The number of aryl methyl sites for hydroxylation is 4. The second-order valence-corrected chi connectivity index (χ2v) is 8.34. The minimum Gasteiger partial charge on any atom is -0.484 e. The molecule has 1 aliphatic heterocycles. The van der Waals surface area contributed by atoms with Crippen LogP contribution in [-0.4, -0.2) is 61.0 Å². The van der Waals surface area contributed by atoms with Gasteiger partial charge in [0.05, 0.1) is 0 Å². The zero-order valence-electron chi connectivity index (χ0n) is 18.9. The van der Waals surface area contributed by atoms with E-state index in [0.717, 1.165) is 28.7 Å². The van der Waals surface area contributed by atoms with Gasteiger partial charge >= 0.3 is 0 Å². The second kappa shape index (κ2) is 10.3. The molecule has 1 fully saturated rings. The summed E-state index contributed by atoms with van der Waals surface area (Å²) < 4.78 is 11.4. The molecular weight excluding hydrogens is 392 g/mol. The van der Waals surface area contributed by atoms with Gasteiger partial charge in [-0.05, 0) is 80.6 Å². The Balaban J connectivity index is 1.47. The molecule has 166 valence electrons. The SMILES string of the molecule is Cc1cc(C)cc(OCC(=O)N2CCCN(C(=O)COc3cc(C)cc(C)c3)CC2)c1. The van der Waals surface area contributed by atoms with Crippen LogP contribution in [0, 0.1) is 27.7 Å². The van der Waals surface area contributed by atoms with Crippen LogP contribution in [0.15, 0.2) is 36.4 Å². The maximum absolute atomic E-state index is 12.6. The fourth-order valence-corrected chi connectivity index (χ4v) is 3.92. The first-order valence-electron chi connectivity index (χ1n) is 10.8. The monoisotopic (exact) mass is 424 g/mol. The molecule has 6 nitrogen and oxygen atoms in total. The summed E-state index contributed by atoms with van der Waals surface area (Å²) in [5, 5.41) is 0. The number of ether oxygens (including phenoxy) is 2. The van der Waals surface area contributed by atoms with Crippen molar-refractivity contribution in [2.45, 2.75) is 34.1 Å². The Hall–Kier alpha value is -3.02. The summed E-state index contributed by atoms with van der Waals surface area (Å²) in [7, 11) is 0. The number of amides is 2. The van der Waals surface area contributed by atoms with Gasteiger partial charge in [0.1, 0.15) is 11.5 Å². The molecule has 0 bridgehead atoms. The van der Waals surface area contributed by atoms with Gasteiger partial charge in [0, 0.05) is 26.2 Å². The summed E-state index contributed by atoms with van der Waals surface area (Å²) in [5.74, 6) is 1.31. The second-order valence-electron chi connectivity index (χ2n) is 8.34. The molecule has 0 aromatic heterocycles. The van der Waals surface area contributed by atoms with Gasteiger partial charge in [0.25, 0.3) is 11.8 Å². The van der Waals surface area contributed by atoms with Crippen molar-refractivity contribution in [3.05, 3.63) is 58.7 Å². The van der Waals surface area contributed by atoms with E-state index in [9.17, 15) is 9.59 Å². The number of nitrogens with zero attached hydrogens (tertiary/aromatic N) is 2. The van der Waals surface area contributed by atoms with Crippen LogP contribution in [0.4, 0.5) is 0 Å². The van der Waals surface area contributed by atoms with Crippen molar-refractivity contribution in [3.63, 3.8) is 0 Å². The summed E-state index contributed by atoms with van der Waals surface area (Å²) in [6.45, 7) is 10.3. The van der Waals surface area contributed by atoms with Crippen molar-refractivity contribution < 1.29 is 19.1 Å². The van der Waals surface area contributed by atoms with Gasteiger partial charge in [-0.3, -0.25) is 9.59 Å². The summed E-state index contributed by atoms with van der Waals surface area (Å²) in [5.41, 5.74) is 4.42. The van der Waals surface area contributed by atoms with E-state index in [1.165, 1.54) is 0 Å². The molecule has 0 spiro atoms. The molecule has 31 heavy (non-hydrogen) atoms. The molecule has 0 unspecified atom stereocenters. The van der Waals surface area contributed by atoms with E-state index in [4.69, 9.17) is 9.47 Å². The maximum atomic E-state index is 12.6. The van der Waals surface area contributed by atoms with E-state index in [2.05, 4.69) is 12.1 Å². The number of carbonyl (C=O) groups is 2. The van der Waals surface area contributed by atoms with E-state index in [0.29, 0.717) is 37.7 Å². The summed E-state index contributed by atoms with van der Waals surface area (Å²) in [6, 6.07) is 11.9. The Morgan fingerprint density at radius 1 is 0.645 bits per heavy atom. The molecule has 0 radical (unpaired) electrons. The number of hydrogen-bond donors (Lipinski definition) is 0. The highest BCUT2D eigenvalue weighted by Crippen LogP contribution is 2.17. The molecule has 2 amide bonds. The Kier molecular flexibility index (Phi) is 7.55. The topological polar surface area (TPSA) is 59.1 Å². The maximum Gasteiger partial charge on any atom is 0.260 e. The molecule has 1 aliphatic rings. The molecule has 0 saturated carbocycles. The molecule has 1 saturated heterocycles. The van der Waals surface area contributed by atoms with Crippen molar-refractivity contribution in [2.75, 3.05) is 39.4 Å². The van der Waals surface area contributed by atoms with E-state index in [1.807, 2.05) is 52.0 Å². The summed E-state index contributed by atoms with van der Waals surface area (Å²) >= 11 is 0. The number of carbonyl (C=O) groups excluding carboxylic acids is 2. The highest BCUT2D eigenvalue weighted by atomic mass is 16.5. The van der Waals surface area contributed by atoms with Crippen molar-refractivity contribution in [1.82, 2.24) is 9.80 Å². The van der Waals surface area contributed by atoms with Crippen LogP contribution in [0.5, 0.6) is 11.5 Å². The summed E-state index contributed by atoms with van der Waals surface area (Å²) in [6.07, 6.45) is 0.741. The van der Waals surface area contributed by atoms with Gasteiger partial charge in [-0.15, -0.1) is 0 Å². The molecule has 2 aromatic carbocycles. The minimum atomic E-state index is -0.0556. The van der Waals surface area contributed by atoms with Crippen LogP contribution in [0.3, 0.4) is 0 Å². The van der Waals surface area contributed by atoms with Gasteiger partial charge in [0.2, 0.25) is 0 Å². The fourth-order valence-electron chi connectivity index (χ4n) is 3.92. The van der Waals surface area contributed by atoms with E-state index in [-0.39, 0.29) is 25.0 Å². The molecule has 0 aliphatic carbocycles. The Morgan fingerprint density at radius 3 is 1.35 bits per heavy atom. The Morgan fingerprint density at radius 2 is 1.00 bits per heavy atom. The van der Waals surface area contributed by atoms with Crippen LogP contribution in [0.2, 0.25) is 0 Å². The third kappa shape index (κ3) is 6.74. The smallest absolute Gasteiger partial charge is 0.260 e. The lowest BCUT2D eigenvalue weighted by Crippen LogP contribution is -2.40. The van der Waals surface area contributed by atoms with Crippen LogP contribution >= 0.6 is 0 Å². The van der Waals surface area contributed by atoms with E-state index < -0.39 is 0 Å². The normalized spacial score (nSPS) is 14.2. The number of hydrogen-bond acceptors (Lipinski definition) is 4. The molecule has 1 heterocycles. The number of rotatable bonds is 6. The molecule has 0 N–H and O–H groups in total. The van der Waals surface area contributed by atoms with E-state index >= 15 is 0 Å². The van der Waals surface area contributed by atoms with Crippen molar-refractivity contribution >= 4 is 11.8 Å². The standard InChI is InChI=1S/C25H32N2O4/c1-18-10-19(2)13-22(12-18)30-16-24(28)26-6-5-7-27(9-8-26)25(29)17-31-23-14-20(3)11-21(4)15-23/h10-15H,5-9,16-17H2,1-4H3. The minimum absolute atomic E-state index is 0.00661. The molecule has 2 aromatic rings.